The topological polar surface area (TPSA) is 136 Å². The Bertz CT molecular complexity index is 1300. The molecule has 5 unspecified atom stereocenters. The van der Waals surface area contributed by atoms with E-state index < -0.39 is 60.2 Å². The minimum Gasteiger partial charge on any atom is -0.463 e. The zero-order chi connectivity index (χ0) is 34.0. The monoisotopic (exact) mass is 641 g/mol. The number of nitrogens with one attached hydrogen (secondary N) is 1. The fraction of sp³-hybridized carbons (Fsp3) is 0.543. The van der Waals surface area contributed by atoms with Crippen molar-refractivity contribution in [1.29, 1.82) is 0 Å². The first-order valence-corrected chi connectivity index (χ1v) is 15.6. The number of carbonyl (C=O) groups excluding carboxylic acids is 4. The second-order valence-corrected chi connectivity index (χ2v) is 12.7. The summed E-state index contributed by atoms with van der Waals surface area (Å²) in [7, 11) is 0. The molecule has 3 rings (SSSR count). The Hall–Kier alpha value is -3.96. The predicted molar refractivity (Wildman–Crippen MR) is 169 cm³/mol. The molecule has 0 spiro atoms. The van der Waals surface area contributed by atoms with Crippen LogP contribution in [0.3, 0.4) is 0 Å². The lowest BCUT2D eigenvalue weighted by Crippen LogP contribution is -2.55. The number of benzene rings is 2. The molecule has 1 fully saturated rings. The molecule has 0 saturated carbocycles. The molecular formula is C35H47NO10. The molecule has 1 saturated heterocycles. The van der Waals surface area contributed by atoms with E-state index in [0.717, 1.165) is 0 Å². The van der Waals surface area contributed by atoms with Crippen molar-refractivity contribution in [3.05, 3.63) is 71.8 Å². The van der Waals surface area contributed by atoms with Crippen molar-refractivity contribution in [2.45, 2.75) is 91.6 Å². The Morgan fingerprint density at radius 2 is 1.37 bits per heavy atom. The molecule has 1 heterocycles. The predicted octanol–water partition coefficient (Wildman–Crippen LogP) is 5.56. The van der Waals surface area contributed by atoms with E-state index in [2.05, 4.69) is 12.2 Å². The molecule has 0 aromatic heterocycles. The van der Waals surface area contributed by atoms with Gasteiger partial charge >= 0.3 is 24.0 Å². The number of carbonyl (C=O) groups is 4. The van der Waals surface area contributed by atoms with Gasteiger partial charge in [-0.2, -0.15) is 0 Å². The number of rotatable bonds is 12. The SMILES string of the molecule is CC(=O)OCC1OC(OC[C@H](NC(=O)OC(C)(C)C)[C@H](OC(=O)c2ccccc2)[C@@H](C)OC(=O)c2ccccc2)C(C)C(C)C1C. The van der Waals surface area contributed by atoms with Crippen LogP contribution in [0.5, 0.6) is 0 Å². The molecule has 11 nitrogen and oxygen atoms in total. The average Bonchev–Trinajstić information content (AvgIpc) is 3.00. The summed E-state index contributed by atoms with van der Waals surface area (Å²) in [6.07, 6.45) is -4.20. The van der Waals surface area contributed by atoms with E-state index in [9.17, 15) is 19.2 Å². The fourth-order valence-electron chi connectivity index (χ4n) is 5.09. The zero-order valence-corrected chi connectivity index (χ0v) is 27.9. The lowest BCUT2D eigenvalue weighted by molar-refractivity contribution is -0.259. The highest BCUT2D eigenvalue weighted by molar-refractivity contribution is 5.90. The summed E-state index contributed by atoms with van der Waals surface area (Å²) in [4.78, 5) is 51.0. The van der Waals surface area contributed by atoms with Gasteiger partial charge in [-0.25, -0.2) is 14.4 Å². The molecule has 1 N–H and O–H groups in total. The lowest BCUT2D eigenvalue weighted by Gasteiger charge is -2.43. The van der Waals surface area contributed by atoms with Crippen LogP contribution in [-0.2, 0) is 33.2 Å². The summed E-state index contributed by atoms with van der Waals surface area (Å²) >= 11 is 0. The summed E-state index contributed by atoms with van der Waals surface area (Å²) in [6, 6.07) is 15.7. The van der Waals surface area contributed by atoms with Crippen molar-refractivity contribution < 1.29 is 47.6 Å². The van der Waals surface area contributed by atoms with Crippen molar-refractivity contribution in [3.8, 4) is 0 Å². The molecular weight excluding hydrogens is 594 g/mol. The first kappa shape index (κ1) is 36.5. The minimum atomic E-state index is -1.21. The van der Waals surface area contributed by atoms with Crippen molar-refractivity contribution in [1.82, 2.24) is 5.32 Å². The molecule has 46 heavy (non-hydrogen) atoms. The molecule has 2 aromatic rings. The van der Waals surface area contributed by atoms with Gasteiger partial charge in [0, 0.05) is 12.8 Å². The van der Waals surface area contributed by atoms with Gasteiger partial charge in [0.2, 0.25) is 0 Å². The van der Waals surface area contributed by atoms with E-state index in [1.165, 1.54) is 6.92 Å². The van der Waals surface area contributed by atoms with E-state index in [-0.39, 0.29) is 36.5 Å². The number of hydrogen-bond donors (Lipinski definition) is 1. The molecule has 2 aromatic carbocycles. The van der Waals surface area contributed by atoms with Crippen LogP contribution in [0.4, 0.5) is 4.79 Å². The lowest BCUT2D eigenvalue weighted by atomic mass is 9.79. The largest absolute Gasteiger partial charge is 0.463 e. The van der Waals surface area contributed by atoms with Crippen LogP contribution in [-0.4, -0.2) is 73.5 Å². The first-order chi connectivity index (χ1) is 21.7. The molecule has 1 amide bonds. The third-order valence-electron chi connectivity index (χ3n) is 7.99. The molecule has 1 aliphatic heterocycles. The van der Waals surface area contributed by atoms with Gasteiger partial charge in [-0.1, -0.05) is 57.2 Å². The number of ether oxygens (including phenoxy) is 6. The molecule has 11 heteroatoms. The Labute approximate surface area is 271 Å². The second-order valence-electron chi connectivity index (χ2n) is 12.7. The van der Waals surface area contributed by atoms with E-state index in [1.807, 2.05) is 13.8 Å². The van der Waals surface area contributed by atoms with Gasteiger partial charge in [-0.05, 0) is 63.8 Å². The van der Waals surface area contributed by atoms with Crippen molar-refractivity contribution in [2.75, 3.05) is 13.2 Å². The maximum absolute atomic E-state index is 13.3. The minimum absolute atomic E-state index is 0.0663. The molecule has 252 valence electrons. The average molecular weight is 642 g/mol. The van der Waals surface area contributed by atoms with Crippen molar-refractivity contribution in [3.63, 3.8) is 0 Å². The third kappa shape index (κ3) is 10.8. The Kier molecular flexibility index (Phi) is 13.1. The van der Waals surface area contributed by atoms with Gasteiger partial charge in [0.05, 0.1) is 29.9 Å². The quantitative estimate of drug-likeness (QED) is 0.232. The highest BCUT2D eigenvalue weighted by atomic mass is 16.7. The van der Waals surface area contributed by atoms with Gasteiger partial charge in [-0.3, -0.25) is 4.79 Å². The Morgan fingerprint density at radius 1 is 0.826 bits per heavy atom. The van der Waals surface area contributed by atoms with Crippen LogP contribution in [0.2, 0.25) is 0 Å². The van der Waals surface area contributed by atoms with Crippen LogP contribution in [0.15, 0.2) is 60.7 Å². The fourth-order valence-corrected chi connectivity index (χ4v) is 5.09. The van der Waals surface area contributed by atoms with Crippen LogP contribution in [0, 0.1) is 17.8 Å². The van der Waals surface area contributed by atoms with E-state index in [4.69, 9.17) is 28.4 Å². The van der Waals surface area contributed by atoms with E-state index in [0.29, 0.717) is 5.56 Å². The van der Waals surface area contributed by atoms with E-state index in [1.54, 1.807) is 88.4 Å². The summed E-state index contributed by atoms with van der Waals surface area (Å²) in [5.74, 6) is -1.61. The van der Waals surface area contributed by atoms with Crippen molar-refractivity contribution in [2.24, 2.45) is 17.8 Å². The Balaban J connectivity index is 1.91. The number of hydrogen-bond acceptors (Lipinski definition) is 10. The number of esters is 3. The number of alkyl carbamates (subject to hydrolysis) is 1. The zero-order valence-electron chi connectivity index (χ0n) is 27.9. The van der Waals surface area contributed by atoms with Crippen LogP contribution >= 0.6 is 0 Å². The van der Waals surface area contributed by atoms with E-state index >= 15 is 0 Å². The van der Waals surface area contributed by atoms with Gasteiger partial charge in [0.1, 0.15) is 18.3 Å². The van der Waals surface area contributed by atoms with Crippen molar-refractivity contribution >= 4 is 24.0 Å². The normalized spacial score (nSPS) is 23.3. The molecule has 1 aliphatic rings. The van der Waals surface area contributed by atoms with Crippen LogP contribution in [0.1, 0.15) is 76.1 Å². The second kappa shape index (κ2) is 16.6. The third-order valence-corrected chi connectivity index (χ3v) is 7.99. The van der Waals surface area contributed by atoms with Crippen LogP contribution < -0.4 is 5.32 Å². The summed E-state index contributed by atoms with van der Waals surface area (Å²) < 4.78 is 35.0. The summed E-state index contributed by atoms with van der Waals surface area (Å²) in [6.45, 7) is 14.0. The van der Waals surface area contributed by atoms with Gasteiger partial charge in [0.25, 0.3) is 0 Å². The first-order valence-electron chi connectivity index (χ1n) is 15.6. The highest BCUT2D eigenvalue weighted by Crippen LogP contribution is 2.36. The summed E-state index contributed by atoms with van der Waals surface area (Å²) in [5.41, 5.74) is -0.249. The number of amides is 1. The standard InChI is InChI=1S/C35H47NO10/c1-21-22(2)29(20-41-25(5)37)44-33(23(21)3)42-19-28(36-34(40)46-35(6,7)8)30(45-32(39)27-17-13-10-14-18-27)24(4)43-31(38)26-15-11-9-12-16-26/h9-18,21-24,28-30,33H,19-20H2,1-8H3,(H,36,40)/t21?,22?,23?,24-,28+,29?,30-,33?/m1/s1. The molecule has 0 radical (unpaired) electrons. The van der Waals surface area contributed by atoms with Gasteiger partial charge in [-0.15, -0.1) is 0 Å². The smallest absolute Gasteiger partial charge is 0.408 e. The maximum atomic E-state index is 13.3. The highest BCUT2D eigenvalue weighted by Gasteiger charge is 2.42. The van der Waals surface area contributed by atoms with Gasteiger partial charge < -0.3 is 33.7 Å². The molecule has 8 atom stereocenters. The van der Waals surface area contributed by atoms with Crippen LogP contribution in [0.25, 0.3) is 0 Å². The maximum Gasteiger partial charge on any atom is 0.408 e. The molecule has 0 aliphatic carbocycles. The summed E-state index contributed by atoms with van der Waals surface area (Å²) in [5, 5.41) is 2.77. The van der Waals surface area contributed by atoms with Gasteiger partial charge in [0.15, 0.2) is 12.4 Å². The molecule has 0 bridgehead atoms. The Morgan fingerprint density at radius 3 is 1.89 bits per heavy atom.